The maximum absolute atomic E-state index is 10.9. The van der Waals surface area contributed by atoms with E-state index in [2.05, 4.69) is 9.98 Å². The average molecular weight is 308 g/mol. The number of carbonyl (C=O) groups is 1. The van der Waals surface area contributed by atoms with Crippen molar-refractivity contribution in [1.82, 2.24) is 4.98 Å². The van der Waals surface area contributed by atoms with Crippen LogP contribution in [-0.4, -0.2) is 39.5 Å². The van der Waals surface area contributed by atoms with Gasteiger partial charge in [0.15, 0.2) is 6.04 Å². The SMILES string of the molecule is CCOc1ccc2nc(C3=NC(C(=O)O)CS3)sc2c1. The van der Waals surface area contributed by atoms with E-state index in [1.54, 1.807) is 0 Å². The number of nitrogens with zero attached hydrogens (tertiary/aromatic N) is 2. The molecule has 0 bridgehead atoms. The van der Waals surface area contributed by atoms with Gasteiger partial charge in [0.2, 0.25) is 0 Å². The van der Waals surface area contributed by atoms with Gasteiger partial charge in [-0.25, -0.2) is 9.78 Å². The number of aliphatic imine (C=N–C) groups is 1. The third-order valence-corrected chi connectivity index (χ3v) is 5.00. The smallest absolute Gasteiger partial charge is 0.329 e. The second-order valence-corrected chi connectivity index (χ2v) is 6.22. The number of hydrogen-bond acceptors (Lipinski definition) is 6. The van der Waals surface area contributed by atoms with Crippen LogP contribution in [0.4, 0.5) is 0 Å². The van der Waals surface area contributed by atoms with Crippen LogP contribution < -0.4 is 4.74 Å². The molecule has 0 amide bonds. The lowest BCUT2D eigenvalue weighted by atomic mass is 10.3. The highest BCUT2D eigenvalue weighted by Crippen LogP contribution is 2.31. The van der Waals surface area contributed by atoms with E-state index in [4.69, 9.17) is 9.84 Å². The van der Waals surface area contributed by atoms with Gasteiger partial charge >= 0.3 is 5.97 Å². The zero-order chi connectivity index (χ0) is 14.1. The maximum Gasteiger partial charge on any atom is 0.329 e. The predicted octanol–water partition coefficient (Wildman–Crippen LogP) is 2.64. The monoisotopic (exact) mass is 308 g/mol. The van der Waals surface area contributed by atoms with Gasteiger partial charge < -0.3 is 9.84 Å². The van der Waals surface area contributed by atoms with E-state index in [1.807, 2.05) is 25.1 Å². The number of aliphatic carboxylic acids is 1. The first kappa shape index (κ1) is 13.4. The van der Waals surface area contributed by atoms with Crippen LogP contribution in [0.2, 0.25) is 0 Å². The van der Waals surface area contributed by atoms with Gasteiger partial charge in [-0.15, -0.1) is 23.1 Å². The number of fused-ring (bicyclic) bond motifs is 1. The minimum absolute atomic E-state index is 0.477. The summed E-state index contributed by atoms with van der Waals surface area (Å²) in [5, 5.41) is 10.5. The molecule has 3 rings (SSSR count). The molecule has 1 atom stereocenters. The molecule has 0 aliphatic carbocycles. The fraction of sp³-hybridized carbons (Fsp3) is 0.308. The molecule has 1 N–H and O–H groups in total. The number of hydrogen-bond donors (Lipinski definition) is 1. The van der Waals surface area contributed by atoms with Gasteiger partial charge in [0.25, 0.3) is 0 Å². The molecular formula is C13H12N2O3S2. The Bertz CT molecular complexity index is 696. The molecule has 0 fully saturated rings. The van der Waals surface area contributed by atoms with Crippen molar-refractivity contribution in [1.29, 1.82) is 0 Å². The summed E-state index contributed by atoms with van der Waals surface area (Å²) in [4.78, 5) is 19.6. The third kappa shape index (κ3) is 2.51. The van der Waals surface area contributed by atoms with Crippen molar-refractivity contribution in [2.45, 2.75) is 13.0 Å². The summed E-state index contributed by atoms with van der Waals surface area (Å²) in [6.07, 6.45) is 0. The second kappa shape index (κ2) is 5.41. The normalized spacial score (nSPS) is 18.2. The highest BCUT2D eigenvalue weighted by atomic mass is 32.2. The van der Waals surface area contributed by atoms with E-state index in [1.165, 1.54) is 23.1 Å². The van der Waals surface area contributed by atoms with E-state index < -0.39 is 12.0 Å². The molecule has 0 saturated heterocycles. The number of thiazole rings is 1. The first-order chi connectivity index (χ1) is 9.67. The number of thioether (sulfide) groups is 1. The molecule has 20 heavy (non-hydrogen) atoms. The number of rotatable bonds is 4. The molecule has 0 radical (unpaired) electrons. The Morgan fingerprint density at radius 3 is 3.10 bits per heavy atom. The molecule has 5 nitrogen and oxygen atoms in total. The number of aromatic nitrogens is 1. The fourth-order valence-corrected chi connectivity index (χ4v) is 3.96. The summed E-state index contributed by atoms with van der Waals surface area (Å²) in [7, 11) is 0. The Balaban J connectivity index is 1.93. The van der Waals surface area contributed by atoms with Gasteiger partial charge in [-0.3, -0.25) is 4.99 Å². The Hall–Kier alpha value is -1.60. The standard InChI is InChI=1S/C13H12N2O3S2/c1-2-18-7-3-4-8-10(5-7)20-12(14-8)11-15-9(6-19-11)13(16)17/h3-5,9H,2,6H2,1H3,(H,16,17). The van der Waals surface area contributed by atoms with Crippen molar-refractivity contribution in [2.24, 2.45) is 4.99 Å². The largest absolute Gasteiger partial charge is 0.494 e. The predicted molar refractivity (Wildman–Crippen MR) is 81.2 cm³/mol. The van der Waals surface area contributed by atoms with E-state index in [-0.39, 0.29) is 0 Å². The molecule has 1 unspecified atom stereocenters. The van der Waals surface area contributed by atoms with Crippen molar-refractivity contribution in [3.63, 3.8) is 0 Å². The topological polar surface area (TPSA) is 71.8 Å². The summed E-state index contributed by atoms with van der Waals surface area (Å²) in [5.74, 6) is 0.414. The number of ether oxygens (including phenoxy) is 1. The molecule has 2 aromatic rings. The maximum atomic E-state index is 10.9. The van der Waals surface area contributed by atoms with Gasteiger partial charge in [-0.2, -0.15) is 0 Å². The molecule has 1 aliphatic rings. The molecule has 1 aromatic heterocycles. The summed E-state index contributed by atoms with van der Waals surface area (Å²) < 4.78 is 6.48. The fourth-order valence-electron chi connectivity index (χ4n) is 1.87. The Morgan fingerprint density at radius 2 is 2.40 bits per heavy atom. The molecule has 1 aliphatic heterocycles. The Labute approximate surface area is 123 Å². The molecule has 0 spiro atoms. The molecule has 104 valence electrons. The highest BCUT2D eigenvalue weighted by molar-refractivity contribution is 8.15. The van der Waals surface area contributed by atoms with E-state index in [0.29, 0.717) is 12.4 Å². The summed E-state index contributed by atoms with van der Waals surface area (Å²) in [5.41, 5.74) is 0.885. The van der Waals surface area contributed by atoms with Crippen LogP contribution >= 0.6 is 23.1 Å². The minimum atomic E-state index is -0.882. The lowest BCUT2D eigenvalue weighted by Crippen LogP contribution is -2.17. The quantitative estimate of drug-likeness (QED) is 0.940. The second-order valence-electron chi connectivity index (χ2n) is 4.18. The Kier molecular flexibility index (Phi) is 3.62. The molecule has 0 saturated carbocycles. The molecule has 7 heteroatoms. The van der Waals surface area contributed by atoms with Crippen molar-refractivity contribution in [2.75, 3.05) is 12.4 Å². The van der Waals surface area contributed by atoms with E-state index >= 15 is 0 Å². The summed E-state index contributed by atoms with van der Waals surface area (Å²) >= 11 is 2.96. The van der Waals surface area contributed by atoms with Crippen molar-refractivity contribution < 1.29 is 14.6 Å². The minimum Gasteiger partial charge on any atom is -0.494 e. The van der Waals surface area contributed by atoms with Crippen LogP contribution in [0.15, 0.2) is 23.2 Å². The van der Waals surface area contributed by atoms with Crippen LogP contribution in [0.1, 0.15) is 11.9 Å². The molecule has 2 heterocycles. The first-order valence-corrected chi connectivity index (χ1v) is 7.94. The average Bonchev–Trinajstić information content (AvgIpc) is 3.05. The van der Waals surface area contributed by atoms with Gasteiger partial charge in [0.05, 0.1) is 16.8 Å². The van der Waals surface area contributed by atoms with Gasteiger partial charge in [-0.1, -0.05) is 0 Å². The zero-order valence-electron chi connectivity index (χ0n) is 10.7. The van der Waals surface area contributed by atoms with Crippen LogP contribution in [0.25, 0.3) is 10.2 Å². The lowest BCUT2D eigenvalue weighted by Gasteiger charge is -2.00. The van der Waals surface area contributed by atoms with Crippen LogP contribution in [0.3, 0.4) is 0 Å². The molecular weight excluding hydrogens is 296 g/mol. The van der Waals surface area contributed by atoms with Crippen molar-refractivity contribution in [3.05, 3.63) is 23.2 Å². The Morgan fingerprint density at radius 1 is 1.55 bits per heavy atom. The van der Waals surface area contributed by atoms with Gasteiger partial charge in [0, 0.05) is 5.75 Å². The summed E-state index contributed by atoms with van der Waals surface area (Å²) in [6, 6.07) is 5.10. The van der Waals surface area contributed by atoms with Gasteiger partial charge in [0.1, 0.15) is 15.8 Å². The van der Waals surface area contributed by atoms with E-state index in [9.17, 15) is 4.79 Å². The highest BCUT2D eigenvalue weighted by Gasteiger charge is 2.26. The van der Waals surface area contributed by atoms with Gasteiger partial charge in [-0.05, 0) is 25.1 Å². The lowest BCUT2D eigenvalue weighted by molar-refractivity contribution is -0.137. The third-order valence-electron chi connectivity index (χ3n) is 2.79. The number of benzene rings is 1. The zero-order valence-corrected chi connectivity index (χ0v) is 12.3. The number of carboxylic acids is 1. The van der Waals surface area contributed by atoms with Crippen LogP contribution in [-0.2, 0) is 4.79 Å². The molecule has 1 aromatic carbocycles. The number of carboxylic acid groups (broad SMARTS) is 1. The van der Waals surface area contributed by atoms with Crippen LogP contribution in [0, 0.1) is 0 Å². The van der Waals surface area contributed by atoms with Crippen LogP contribution in [0.5, 0.6) is 5.75 Å². The van der Waals surface area contributed by atoms with Crippen molar-refractivity contribution in [3.8, 4) is 5.75 Å². The van der Waals surface area contributed by atoms with E-state index in [0.717, 1.165) is 26.0 Å². The summed E-state index contributed by atoms with van der Waals surface area (Å²) in [6.45, 7) is 2.57. The van der Waals surface area contributed by atoms with Crippen molar-refractivity contribution >= 4 is 44.3 Å². The first-order valence-electron chi connectivity index (χ1n) is 6.14.